The summed E-state index contributed by atoms with van der Waals surface area (Å²) in [5.41, 5.74) is 1.28. The number of nitrogens with zero attached hydrogens (tertiary/aromatic N) is 3. The lowest BCUT2D eigenvalue weighted by Gasteiger charge is -2.36. The molecular weight excluding hydrogens is 310 g/mol. The van der Waals surface area contributed by atoms with Crippen LogP contribution in [0.2, 0.25) is 0 Å². The summed E-state index contributed by atoms with van der Waals surface area (Å²) in [4.78, 5) is 2.36. The molecule has 0 bridgehead atoms. The highest BCUT2D eigenvalue weighted by Crippen LogP contribution is 2.22. The van der Waals surface area contributed by atoms with E-state index in [1.54, 1.807) is 14.0 Å². The van der Waals surface area contributed by atoms with Gasteiger partial charge in [0.2, 0.25) is 10.0 Å². The molecule has 6 heteroatoms. The summed E-state index contributed by atoms with van der Waals surface area (Å²) in [5, 5.41) is 8.12. The summed E-state index contributed by atoms with van der Waals surface area (Å²) in [5.74, 6) is 0. The van der Waals surface area contributed by atoms with Crippen molar-refractivity contribution in [3.05, 3.63) is 35.9 Å². The number of piperidine rings is 1. The monoisotopic (exact) mass is 335 g/mol. The fourth-order valence-corrected chi connectivity index (χ4v) is 4.64. The van der Waals surface area contributed by atoms with Crippen molar-refractivity contribution in [1.29, 1.82) is 5.26 Å². The van der Waals surface area contributed by atoms with Gasteiger partial charge in [-0.05, 0) is 24.8 Å². The molecule has 0 unspecified atom stereocenters. The molecule has 1 aliphatic heterocycles. The maximum atomic E-state index is 12.5. The number of benzene rings is 1. The van der Waals surface area contributed by atoms with Gasteiger partial charge in [-0.3, -0.25) is 4.90 Å². The van der Waals surface area contributed by atoms with Crippen LogP contribution >= 0.6 is 0 Å². The molecule has 1 atom stereocenters. The first-order valence-electron chi connectivity index (χ1n) is 8.11. The maximum absolute atomic E-state index is 12.5. The quantitative estimate of drug-likeness (QED) is 0.799. The van der Waals surface area contributed by atoms with Gasteiger partial charge in [-0.2, -0.15) is 5.26 Å². The molecule has 0 saturated carbocycles. The molecule has 0 N–H and O–H groups in total. The lowest BCUT2D eigenvalue weighted by molar-refractivity contribution is 0.163. The van der Waals surface area contributed by atoms with Crippen LogP contribution in [0.15, 0.2) is 30.3 Å². The normalized spacial score (nSPS) is 18.7. The average Bonchev–Trinajstić information content (AvgIpc) is 2.56. The van der Waals surface area contributed by atoms with E-state index in [4.69, 9.17) is 5.26 Å². The standard InChI is InChI=1S/C17H25N3O2S/c1-3-17(13-18)23(21,22)19(2)16-9-11-20(12-10-16)14-15-7-5-4-6-8-15/h4-8,16-17H,3,9-12,14H2,1-2H3/t17-/m0/s1. The van der Waals surface area contributed by atoms with E-state index in [-0.39, 0.29) is 6.04 Å². The third-order valence-electron chi connectivity index (χ3n) is 4.60. The molecule has 1 aliphatic rings. The van der Waals surface area contributed by atoms with E-state index >= 15 is 0 Å². The van der Waals surface area contributed by atoms with E-state index in [2.05, 4.69) is 17.0 Å². The van der Waals surface area contributed by atoms with Crippen molar-refractivity contribution >= 4 is 10.0 Å². The molecule has 0 aliphatic carbocycles. The van der Waals surface area contributed by atoms with E-state index in [0.717, 1.165) is 32.5 Å². The highest BCUT2D eigenvalue weighted by molar-refractivity contribution is 7.90. The second-order valence-corrected chi connectivity index (χ2v) is 8.26. The Morgan fingerprint density at radius 1 is 1.30 bits per heavy atom. The molecule has 0 aromatic heterocycles. The summed E-state index contributed by atoms with van der Waals surface area (Å²) in [7, 11) is -1.91. The summed E-state index contributed by atoms with van der Waals surface area (Å²) >= 11 is 0. The Morgan fingerprint density at radius 3 is 2.43 bits per heavy atom. The van der Waals surface area contributed by atoms with Crippen LogP contribution in [0.5, 0.6) is 0 Å². The topological polar surface area (TPSA) is 64.4 Å². The van der Waals surface area contributed by atoms with E-state index in [0.29, 0.717) is 6.42 Å². The van der Waals surface area contributed by atoms with Crippen molar-refractivity contribution in [1.82, 2.24) is 9.21 Å². The van der Waals surface area contributed by atoms with Crippen LogP contribution in [0, 0.1) is 11.3 Å². The number of hydrogen-bond donors (Lipinski definition) is 0. The van der Waals surface area contributed by atoms with Crippen molar-refractivity contribution in [3.63, 3.8) is 0 Å². The number of nitriles is 1. The van der Waals surface area contributed by atoms with E-state index in [9.17, 15) is 8.42 Å². The minimum absolute atomic E-state index is 0.00516. The third-order valence-corrected chi connectivity index (χ3v) is 6.85. The van der Waals surface area contributed by atoms with Gasteiger partial charge in [0.1, 0.15) is 0 Å². The first-order chi connectivity index (χ1) is 11.0. The van der Waals surface area contributed by atoms with Crippen molar-refractivity contribution in [2.45, 2.75) is 44.0 Å². The molecule has 1 aromatic carbocycles. The smallest absolute Gasteiger partial charge is 0.230 e. The second-order valence-electron chi connectivity index (χ2n) is 6.08. The fourth-order valence-electron chi connectivity index (χ4n) is 3.06. The van der Waals surface area contributed by atoms with Crippen molar-refractivity contribution in [3.8, 4) is 6.07 Å². The largest absolute Gasteiger partial charge is 0.299 e. The minimum atomic E-state index is -3.52. The van der Waals surface area contributed by atoms with Gasteiger partial charge < -0.3 is 0 Å². The highest BCUT2D eigenvalue weighted by atomic mass is 32.2. The van der Waals surface area contributed by atoms with E-state index < -0.39 is 15.3 Å². The highest BCUT2D eigenvalue weighted by Gasteiger charge is 2.34. The number of hydrogen-bond acceptors (Lipinski definition) is 4. The van der Waals surface area contributed by atoms with Crippen molar-refractivity contribution in [2.75, 3.05) is 20.1 Å². The molecule has 0 spiro atoms. The number of likely N-dealkylation sites (tertiary alicyclic amines) is 1. The van der Waals surface area contributed by atoms with E-state index in [1.807, 2.05) is 24.3 Å². The molecule has 1 saturated heterocycles. The van der Waals surface area contributed by atoms with Crippen LogP contribution in [0.1, 0.15) is 31.7 Å². The summed E-state index contributed by atoms with van der Waals surface area (Å²) in [6.45, 7) is 4.40. The Labute approximate surface area is 139 Å². The number of rotatable bonds is 6. The van der Waals surface area contributed by atoms with Crippen LogP contribution < -0.4 is 0 Å². The first-order valence-corrected chi connectivity index (χ1v) is 9.62. The van der Waals surface area contributed by atoms with Crippen LogP contribution in [-0.4, -0.2) is 49.1 Å². The molecule has 2 rings (SSSR count). The van der Waals surface area contributed by atoms with Gasteiger partial charge in [0.05, 0.1) is 6.07 Å². The molecule has 0 radical (unpaired) electrons. The Bertz CT molecular complexity index is 632. The van der Waals surface area contributed by atoms with Gasteiger partial charge in [0.25, 0.3) is 0 Å². The van der Waals surface area contributed by atoms with Crippen LogP contribution in [0.4, 0.5) is 0 Å². The molecule has 1 fully saturated rings. The Hall–Kier alpha value is -1.42. The third kappa shape index (κ3) is 4.31. The summed E-state index contributed by atoms with van der Waals surface area (Å²) in [6, 6.07) is 12.2. The second kappa shape index (κ2) is 7.91. The predicted octanol–water partition coefficient (Wildman–Crippen LogP) is 2.21. The molecule has 1 aromatic rings. The zero-order valence-electron chi connectivity index (χ0n) is 13.9. The van der Waals surface area contributed by atoms with Gasteiger partial charge in [-0.25, -0.2) is 12.7 Å². The zero-order valence-corrected chi connectivity index (χ0v) is 14.7. The van der Waals surface area contributed by atoms with Crippen molar-refractivity contribution in [2.24, 2.45) is 0 Å². The van der Waals surface area contributed by atoms with E-state index in [1.165, 1.54) is 9.87 Å². The van der Waals surface area contributed by atoms with Gasteiger partial charge >= 0.3 is 0 Å². The first kappa shape index (κ1) is 17.9. The lowest BCUT2D eigenvalue weighted by atomic mass is 10.0. The summed E-state index contributed by atoms with van der Waals surface area (Å²) < 4.78 is 26.3. The minimum Gasteiger partial charge on any atom is -0.299 e. The van der Waals surface area contributed by atoms with Gasteiger partial charge in [0, 0.05) is 32.7 Å². The average molecular weight is 335 g/mol. The Balaban J connectivity index is 1.92. The Kier molecular flexibility index (Phi) is 6.17. The zero-order chi connectivity index (χ0) is 16.9. The molecule has 0 amide bonds. The number of sulfonamides is 1. The maximum Gasteiger partial charge on any atom is 0.230 e. The van der Waals surface area contributed by atoms with Gasteiger partial charge in [-0.1, -0.05) is 37.3 Å². The SMILES string of the molecule is CC[C@@H](C#N)S(=O)(=O)N(C)C1CCN(Cc2ccccc2)CC1. The van der Waals surface area contributed by atoms with Gasteiger partial charge in [-0.15, -0.1) is 0 Å². The molecule has 126 valence electrons. The molecule has 1 heterocycles. The van der Waals surface area contributed by atoms with Crippen LogP contribution in [-0.2, 0) is 16.6 Å². The van der Waals surface area contributed by atoms with Crippen molar-refractivity contribution < 1.29 is 8.42 Å². The van der Waals surface area contributed by atoms with Gasteiger partial charge in [0.15, 0.2) is 5.25 Å². The summed E-state index contributed by atoms with van der Waals surface area (Å²) in [6.07, 6.45) is 1.95. The lowest BCUT2D eigenvalue weighted by Crippen LogP contribution is -2.47. The van der Waals surface area contributed by atoms with Crippen LogP contribution in [0.3, 0.4) is 0 Å². The van der Waals surface area contributed by atoms with Crippen LogP contribution in [0.25, 0.3) is 0 Å². The Morgan fingerprint density at radius 2 is 1.91 bits per heavy atom. The fraction of sp³-hybridized carbons (Fsp3) is 0.588. The predicted molar refractivity (Wildman–Crippen MR) is 91.1 cm³/mol. The molecular formula is C17H25N3O2S. The molecule has 5 nitrogen and oxygen atoms in total. The molecule has 23 heavy (non-hydrogen) atoms.